The summed E-state index contributed by atoms with van der Waals surface area (Å²) in [6, 6.07) is -0.447. The van der Waals surface area contributed by atoms with Gasteiger partial charge in [-0.25, -0.2) is 12.7 Å². The maximum Gasteiger partial charge on any atom is 0.246 e. The Balaban J connectivity index is 1.77. The highest BCUT2D eigenvalue weighted by Crippen LogP contribution is 2.40. The summed E-state index contributed by atoms with van der Waals surface area (Å²) in [6.07, 6.45) is 4.11. The maximum absolute atomic E-state index is 12.9. The molecule has 0 saturated carbocycles. The van der Waals surface area contributed by atoms with Crippen LogP contribution in [0.2, 0.25) is 0 Å². The van der Waals surface area contributed by atoms with Crippen molar-refractivity contribution in [3.05, 3.63) is 11.8 Å². The SMILES string of the molecule is CCC[C@H]1C(=O)N(S(C)(=O)=O)C2=CCN(C(=O)CN3CCN(C)CC3)[C@@H]21. The van der Waals surface area contributed by atoms with E-state index in [1.807, 2.05) is 6.92 Å². The van der Waals surface area contributed by atoms with E-state index in [4.69, 9.17) is 0 Å². The number of sulfonamides is 1. The number of fused-ring (bicyclic) bond motifs is 1. The minimum atomic E-state index is -3.68. The van der Waals surface area contributed by atoms with E-state index in [9.17, 15) is 18.0 Å². The summed E-state index contributed by atoms with van der Waals surface area (Å²) >= 11 is 0. The Morgan fingerprint density at radius 2 is 1.88 bits per heavy atom. The highest BCUT2D eigenvalue weighted by molar-refractivity contribution is 7.89. The first kappa shape index (κ1) is 19.3. The van der Waals surface area contributed by atoms with E-state index in [0.29, 0.717) is 25.2 Å². The molecule has 8 nitrogen and oxygen atoms in total. The molecule has 2 atom stereocenters. The Morgan fingerprint density at radius 3 is 2.46 bits per heavy atom. The van der Waals surface area contributed by atoms with Gasteiger partial charge in [0.15, 0.2) is 0 Å². The Bertz CT molecular complexity index is 712. The van der Waals surface area contributed by atoms with Crippen LogP contribution in [-0.4, -0.2) is 97.9 Å². The molecule has 3 aliphatic heterocycles. The quantitative estimate of drug-likeness (QED) is 0.639. The van der Waals surface area contributed by atoms with Crippen LogP contribution in [0.3, 0.4) is 0 Å². The summed E-state index contributed by atoms with van der Waals surface area (Å²) < 4.78 is 25.1. The fourth-order valence-electron chi connectivity index (χ4n) is 4.12. The van der Waals surface area contributed by atoms with Crippen molar-refractivity contribution in [2.24, 2.45) is 5.92 Å². The van der Waals surface area contributed by atoms with Crippen molar-refractivity contribution >= 4 is 21.8 Å². The van der Waals surface area contributed by atoms with Crippen molar-refractivity contribution in [3.63, 3.8) is 0 Å². The molecule has 146 valence electrons. The summed E-state index contributed by atoms with van der Waals surface area (Å²) in [7, 11) is -1.61. The van der Waals surface area contributed by atoms with E-state index in [-0.39, 0.29) is 5.91 Å². The second kappa shape index (κ2) is 7.28. The monoisotopic (exact) mass is 384 g/mol. The van der Waals surface area contributed by atoms with Gasteiger partial charge in [0.2, 0.25) is 21.8 Å². The molecular formula is C17H28N4O4S. The fourth-order valence-corrected chi connectivity index (χ4v) is 5.15. The minimum Gasteiger partial charge on any atom is -0.328 e. The van der Waals surface area contributed by atoms with Gasteiger partial charge in [0.05, 0.1) is 30.5 Å². The molecule has 0 spiro atoms. The van der Waals surface area contributed by atoms with Crippen LogP contribution in [0.5, 0.6) is 0 Å². The normalized spacial score (nSPS) is 27.8. The molecule has 2 fully saturated rings. The molecule has 0 unspecified atom stereocenters. The number of hydrogen-bond donors (Lipinski definition) is 0. The van der Waals surface area contributed by atoms with Gasteiger partial charge in [0, 0.05) is 32.7 Å². The second-order valence-electron chi connectivity index (χ2n) is 7.46. The molecule has 0 radical (unpaired) electrons. The van der Waals surface area contributed by atoms with Gasteiger partial charge in [-0.15, -0.1) is 0 Å². The van der Waals surface area contributed by atoms with Gasteiger partial charge >= 0.3 is 0 Å². The van der Waals surface area contributed by atoms with Crippen molar-refractivity contribution in [2.45, 2.75) is 25.8 Å². The van der Waals surface area contributed by atoms with E-state index in [1.165, 1.54) is 0 Å². The van der Waals surface area contributed by atoms with Gasteiger partial charge in [-0.1, -0.05) is 13.3 Å². The van der Waals surface area contributed by atoms with Crippen LogP contribution >= 0.6 is 0 Å². The van der Waals surface area contributed by atoms with Crippen LogP contribution in [0.25, 0.3) is 0 Å². The van der Waals surface area contributed by atoms with E-state index in [2.05, 4.69) is 16.8 Å². The molecule has 3 rings (SSSR count). The average molecular weight is 385 g/mol. The predicted octanol–water partition coefficient (Wildman–Crippen LogP) is -0.453. The molecule has 26 heavy (non-hydrogen) atoms. The second-order valence-corrected chi connectivity index (χ2v) is 9.29. The van der Waals surface area contributed by atoms with Gasteiger partial charge < -0.3 is 9.80 Å². The Kier molecular flexibility index (Phi) is 5.41. The number of nitrogens with zero attached hydrogens (tertiary/aromatic N) is 4. The molecule has 0 bridgehead atoms. The average Bonchev–Trinajstić information content (AvgIpc) is 3.08. The number of piperazine rings is 1. The van der Waals surface area contributed by atoms with Crippen LogP contribution < -0.4 is 0 Å². The Hall–Kier alpha value is -1.45. The molecule has 0 aromatic rings. The third kappa shape index (κ3) is 3.52. The molecule has 0 N–H and O–H groups in total. The molecular weight excluding hydrogens is 356 g/mol. The van der Waals surface area contributed by atoms with Crippen molar-refractivity contribution < 1.29 is 18.0 Å². The van der Waals surface area contributed by atoms with Gasteiger partial charge in [0.25, 0.3) is 0 Å². The zero-order chi connectivity index (χ0) is 19.1. The van der Waals surface area contributed by atoms with Crippen molar-refractivity contribution in [1.29, 1.82) is 0 Å². The standard InChI is InChI=1S/C17H28N4O4S/c1-4-5-13-16-14(21(17(13)23)26(3,24)25)6-7-20(16)15(22)12-19-10-8-18(2)9-11-19/h6,13,16H,4-5,7-12H2,1-3H3/t13-,16-/m1/s1. The van der Waals surface area contributed by atoms with Crippen LogP contribution in [-0.2, 0) is 19.6 Å². The predicted molar refractivity (Wildman–Crippen MR) is 97.6 cm³/mol. The molecule has 0 aromatic carbocycles. The lowest BCUT2D eigenvalue weighted by atomic mass is 9.96. The molecule has 2 amide bonds. The summed E-state index contributed by atoms with van der Waals surface area (Å²) in [4.78, 5) is 31.7. The lowest BCUT2D eigenvalue weighted by Crippen LogP contribution is -2.50. The van der Waals surface area contributed by atoms with Crippen LogP contribution in [0.4, 0.5) is 0 Å². The lowest BCUT2D eigenvalue weighted by molar-refractivity contribution is -0.135. The van der Waals surface area contributed by atoms with Gasteiger partial charge in [-0.2, -0.15) is 0 Å². The van der Waals surface area contributed by atoms with Crippen LogP contribution in [0, 0.1) is 5.92 Å². The molecule has 2 saturated heterocycles. The number of likely N-dealkylation sites (N-methyl/N-ethyl adjacent to an activating group) is 1. The smallest absolute Gasteiger partial charge is 0.246 e. The number of amides is 2. The highest BCUT2D eigenvalue weighted by Gasteiger charge is 2.53. The van der Waals surface area contributed by atoms with Crippen LogP contribution in [0.1, 0.15) is 19.8 Å². The first-order chi connectivity index (χ1) is 12.2. The van der Waals surface area contributed by atoms with Gasteiger partial charge in [-0.05, 0) is 19.5 Å². The number of carbonyl (C=O) groups excluding carboxylic acids is 2. The van der Waals surface area contributed by atoms with Crippen LogP contribution in [0.15, 0.2) is 11.8 Å². The van der Waals surface area contributed by atoms with Crippen molar-refractivity contribution in [2.75, 3.05) is 52.6 Å². The largest absolute Gasteiger partial charge is 0.328 e. The zero-order valence-corrected chi connectivity index (χ0v) is 16.5. The Labute approximate surface area is 155 Å². The zero-order valence-electron chi connectivity index (χ0n) is 15.7. The number of carbonyl (C=O) groups is 2. The molecule has 0 aromatic heterocycles. The van der Waals surface area contributed by atoms with E-state index >= 15 is 0 Å². The summed E-state index contributed by atoms with van der Waals surface area (Å²) in [5.74, 6) is -0.905. The summed E-state index contributed by atoms with van der Waals surface area (Å²) in [5, 5.41) is 0. The lowest BCUT2D eigenvalue weighted by Gasteiger charge is -2.34. The number of hydrogen-bond acceptors (Lipinski definition) is 6. The minimum absolute atomic E-state index is 0.0324. The fraction of sp³-hybridized carbons (Fsp3) is 0.765. The summed E-state index contributed by atoms with van der Waals surface area (Å²) in [5.41, 5.74) is 0.461. The molecule has 9 heteroatoms. The molecule has 0 aliphatic carbocycles. The van der Waals surface area contributed by atoms with Gasteiger partial charge in [0.1, 0.15) is 0 Å². The summed E-state index contributed by atoms with van der Waals surface area (Å²) in [6.45, 7) is 6.19. The van der Waals surface area contributed by atoms with E-state index in [1.54, 1.807) is 11.0 Å². The van der Waals surface area contributed by atoms with E-state index < -0.39 is 27.9 Å². The maximum atomic E-state index is 12.9. The molecule has 3 aliphatic rings. The number of rotatable bonds is 5. The topological polar surface area (TPSA) is 81.2 Å². The highest BCUT2D eigenvalue weighted by atomic mass is 32.2. The van der Waals surface area contributed by atoms with Crippen molar-refractivity contribution in [1.82, 2.24) is 19.0 Å². The first-order valence-electron chi connectivity index (χ1n) is 9.18. The third-order valence-electron chi connectivity index (χ3n) is 5.48. The third-order valence-corrected chi connectivity index (χ3v) is 6.53. The Morgan fingerprint density at radius 1 is 1.23 bits per heavy atom. The molecule has 3 heterocycles. The van der Waals surface area contributed by atoms with E-state index in [0.717, 1.165) is 43.2 Å². The van der Waals surface area contributed by atoms with Gasteiger partial charge in [-0.3, -0.25) is 14.5 Å². The van der Waals surface area contributed by atoms with Crippen molar-refractivity contribution in [3.8, 4) is 0 Å². The first-order valence-corrected chi connectivity index (χ1v) is 11.0.